The molecule has 1 fully saturated rings. The molecule has 9 heteroatoms. The smallest absolute Gasteiger partial charge is 0.262 e. The number of hydrogen-bond donors (Lipinski definition) is 2. The van der Waals surface area contributed by atoms with Crippen LogP contribution in [0, 0.1) is 0 Å². The normalized spacial score (nSPS) is 14.6. The van der Waals surface area contributed by atoms with Crippen molar-refractivity contribution in [2.45, 2.75) is 43.0 Å². The number of nitrogens with one attached hydrogen (secondary N) is 2. The summed E-state index contributed by atoms with van der Waals surface area (Å²) in [6.45, 7) is -0.221. The van der Waals surface area contributed by atoms with Crippen LogP contribution in [-0.4, -0.2) is 41.2 Å². The largest absolute Gasteiger partial charge is 0.493 e. The number of amides is 1. The maximum absolute atomic E-state index is 12.5. The van der Waals surface area contributed by atoms with Gasteiger partial charge >= 0.3 is 0 Å². The third-order valence-corrected chi connectivity index (χ3v) is 6.63. The minimum Gasteiger partial charge on any atom is -0.493 e. The van der Waals surface area contributed by atoms with E-state index in [-0.39, 0.29) is 23.5 Å². The van der Waals surface area contributed by atoms with Gasteiger partial charge in [0.05, 0.1) is 19.1 Å². The summed E-state index contributed by atoms with van der Waals surface area (Å²) in [4.78, 5) is 12.4. The van der Waals surface area contributed by atoms with Crippen LogP contribution < -0.4 is 24.2 Å². The molecule has 31 heavy (non-hydrogen) atoms. The van der Waals surface area contributed by atoms with Crippen LogP contribution in [0.1, 0.15) is 32.1 Å². The Morgan fingerprint density at radius 2 is 1.65 bits per heavy atom. The van der Waals surface area contributed by atoms with Crippen LogP contribution in [-0.2, 0) is 14.8 Å². The van der Waals surface area contributed by atoms with E-state index in [1.165, 1.54) is 26.4 Å². The third kappa shape index (κ3) is 6.35. The highest BCUT2D eigenvalue weighted by Crippen LogP contribution is 2.29. The molecule has 1 aliphatic carbocycles. The highest BCUT2D eigenvalue weighted by atomic mass is 32.2. The van der Waals surface area contributed by atoms with E-state index in [1.807, 2.05) is 0 Å². The fraction of sp³-hybridized carbons (Fsp3) is 0.409. The second-order valence-electron chi connectivity index (χ2n) is 7.33. The molecule has 0 aromatic heterocycles. The van der Waals surface area contributed by atoms with Crippen molar-refractivity contribution in [3.63, 3.8) is 0 Å². The average molecular weight is 449 g/mol. The fourth-order valence-electron chi connectivity index (χ4n) is 3.48. The molecule has 0 aliphatic heterocycles. The Morgan fingerprint density at radius 3 is 2.29 bits per heavy atom. The standard InChI is InChI=1S/C22H28N2O6S/c1-28-20-13-8-17(14-21(20)29-2)23-22(25)15-30-18-9-11-19(12-10-18)31(26,27)24-16-6-4-3-5-7-16/h8-14,16,24H,3-7,15H2,1-2H3,(H,23,25). The van der Waals surface area contributed by atoms with E-state index in [4.69, 9.17) is 14.2 Å². The van der Waals surface area contributed by atoms with E-state index < -0.39 is 10.0 Å². The molecule has 0 radical (unpaired) electrons. The number of carbonyl (C=O) groups is 1. The molecule has 3 rings (SSSR count). The summed E-state index contributed by atoms with van der Waals surface area (Å²) in [5.74, 6) is 1.10. The quantitative estimate of drug-likeness (QED) is 0.610. The molecule has 2 aromatic rings. The van der Waals surface area contributed by atoms with Gasteiger partial charge in [-0.3, -0.25) is 4.79 Å². The molecular weight excluding hydrogens is 420 g/mol. The molecule has 168 valence electrons. The number of methoxy groups -OCH3 is 2. The van der Waals surface area contributed by atoms with Gasteiger partial charge in [-0.15, -0.1) is 0 Å². The van der Waals surface area contributed by atoms with Gasteiger partial charge in [-0.2, -0.15) is 0 Å². The molecule has 0 atom stereocenters. The van der Waals surface area contributed by atoms with Gasteiger partial charge in [0, 0.05) is 17.8 Å². The first-order valence-electron chi connectivity index (χ1n) is 10.2. The Kier molecular flexibility index (Phi) is 7.75. The molecular formula is C22H28N2O6S. The van der Waals surface area contributed by atoms with E-state index >= 15 is 0 Å². The molecule has 2 aromatic carbocycles. The maximum atomic E-state index is 12.5. The first-order chi connectivity index (χ1) is 14.9. The van der Waals surface area contributed by atoms with Crippen LogP contribution in [0.3, 0.4) is 0 Å². The third-order valence-electron chi connectivity index (χ3n) is 5.10. The maximum Gasteiger partial charge on any atom is 0.262 e. The van der Waals surface area contributed by atoms with Crippen molar-refractivity contribution in [1.29, 1.82) is 0 Å². The number of hydrogen-bond acceptors (Lipinski definition) is 6. The van der Waals surface area contributed by atoms with Crippen LogP contribution in [0.5, 0.6) is 17.2 Å². The average Bonchev–Trinajstić information content (AvgIpc) is 2.78. The minimum atomic E-state index is -3.57. The minimum absolute atomic E-state index is 0.00467. The number of anilines is 1. The summed E-state index contributed by atoms with van der Waals surface area (Å²) in [5.41, 5.74) is 0.543. The monoisotopic (exact) mass is 448 g/mol. The lowest BCUT2D eigenvalue weighted by molar-refractivity contribution is -0.118. The SMILES string of the molecule is COc1ccc(NC(=O)COc2ccc(S(=O)(=O)NC3CCCCC3)cc2)cc1OC. The van der Waals surface area contributed by atoms with Crippen LogP contribution in [0.2, 0.25) is 0 Å². The summed E-state index contributed by atoms with van der Waals surface area (Å²) < 4.78 is 43.7. The van der Waals surface area contributed by atoms with Gasteiger partial charge in [0.1, 0.15) is 5.75 Å². The second-order valence-corrected chi connectivity index (χ2v) is 9.05. The van der Waals surface area contributed by atoms with E-state index in [0.29, 0.717) is 22.9 Å². The first-order valence-corrected chi connectivity index (χ1v) is 11.7. The lowest BCUT2D eigenvalue weighted by atomic mass is 9.96. The van der Waals surface area contributed by atoms with Crippen molar-refractivity contribution in [3.8, 4) is 17.2 Å². The van der Waals surface area contributed by atoms with Gasteiger partial charge in [-0.05, 0) is 49.2 Å². The van der Waals surface area contributed by atoms with Gasteiger partial charge in [0.15, 0.2) is 18.1 Å². The summed E-state index contributed by atoms with van der Waals surface area (Å²) in [5, 5.41) is 2.71. The summed E-state index contributed by atoms with van der Waals surface area (Å²) in [6, 6.07) is 11.1. The number of rotatable bonds is 9. The van der Waals surface area contributed by atoms with Gasteiger partial charge in [-0.1, -0.05) is 19.3 Å². The highest BCUT2D eigenvalue weighted by Gasteiger charge is 2.21. The van der Waals surface area contributed by atoms with Crippen LogP contribution >= 0.6 is 0 Å². The van der Waals surface area contributed by atoms with E-state index in [1.54, 1.807) is 30.3 Å². The summed E-state index contributed by atoms with van der Waals surface area (Å²) in [7, 11) is -0.519. The Balaban J connectivity index is 1.53. The second kappa shape index (κ2) is 10.5. The van der Waals surface area contributed by atoms with Gasteiger partial charge < -0.3 is 19.5 Å². The fourth-order valence-corrected chi connectivity index (χ4v) is 4.79. The summed E-state index contributed by atoms with van der Waals surface area (Å²) >= 11 is 0. The Labute approximate surface area is 182 Å². The van der Waals surface area contributed by atoms with E-state index in [2.05, 4.69) is 10.0 Å². The molecule has 0 bridgehead atoms. The lowest BCUT2D eigenvalue weighted by Gasteiger charge is -2.22. The molecule has 0 saturated heterocycles. The Morgan fingerprint density at radius 1 is 0.968 bits per heavy atom. The summed E-state index contributed by atoms with van der Waals surface area (Å²) in [6.07, 6.45) is 4.99. The molecule has 2 N–H and O–H groups in total. The van der Waals surface area contributed by atoms with Crippen molar-refractivity contribution < 1.29 is 27.4 Å². The van der Waals surface area contributed by atoms with Gasteiger partial charge in [0.25, 0.3) is 5.91 Å². The number of sulfonamides is 1. The number of carbonyl (C=O) groups excluding carboxylic acids is 1. The van der Waals surface area contributed by atoms with Crippen molar-refractivity contribution in [2.24, 2.45) is 0 Å². The van der Waals surface area contributed by atoms with Gasteiger partial charge in [0.2, 0.25) is 10.0 Å². The molecule has 0 heterocycles. The molecule has 8 nitrogen and oxygen atoms in total. The van der Waals surface area contributed by atoms with Crippen LogP contribution in [0.15, 0.2) is 47.4 Å². The number of ether oxygens (including phenoxy) is 3. The molecule has 0 spiro atoms. The first kappa shape index (κ1) is 22.9. The molecule has 1 aliphatic rings. The van der Waals surface area contributed by atoms with Crippen molar-refractivity contribution in [1.82, 2.24) is 4.72 Å². The van der Waals surface area contributed by atoms with E-state index in [9.17, 15) is 13.2 Å². The number of benzene rings is 2. The zero-order valence-electron chi connectivity index (χ0n) is 17.7. The zero-order chi connectivity index (χ0) is 22.3. The predicted octanol–water partition coefficient (Wildman–Crippen LogP) is 3.33. The van der Waals surface area contributed by atoms with Gasteiger partial charge in [-0.25, -0.2) is 13.1 Å². The predicted molar refractivity (Wildman–Crippen MR) is 117 cm³/mol. The van der Waals surface area contributed by atoms with E-state index in [0.717, 1.165) is 32.1 Å². The highest BCUT2D eigenvalue weighted by molar-refractivity contribution is 7.89. The topological polar surface area (TPSA) is 103 Å². The van der Waals surface area contributed by atoms with Crippen LogP contribution in [0.25, 0.3) is 0 Å². The Hall–Kier alpha value is -2.78. The van der Waals surface area contributed by atoms with Crippen LogP contribution in [0.4, 0.5) is 5.69 Å². The van der Waals surface area contributed by atoms with Crippen molar-refractivity contribution >= 4 is 21.6 Å². The molecule has 1 saturated carbocycles. The molecule has 1 amide bonds. The molecule has 0 unspecified atom stereocenters. The lowest BCUT2D eigenvalue weighted by Crippen LogP contribution is -2.36. The zero-order valence-corrected chi connectivity index (χ0v) is 18.5. The van der Waals surface area contributed by atoms with Crippen molar-refractivity contribution in [2.75, 3.05) is 26.1 Å². The Bertz CT molecular complexity index is 986. The van der Waals surface area contributed by atoms with Crippen molar-refractivity contribution in [3.05, 3.63) is 42.5 Å².